The Morgan fingerprint density at radius 3 is 2.50 bits per heavy atom. The molecule has 0 fully saturated rings. The average molecular weight is 233 g/mol. The zero-order chi connectivity index (χ0) is 11.4. The molecule has 0 aliphatic rings. The molecule has 0 radical (unpaired) electrons. The zero-order valence-corrected chi connectivity index (χ0v) is 8.87. The Kier molecular flexibility index (Phi) is 3.13. The van der Waals surface area contributed by atoms with Gasteiger partial charge in [0.1, 0.15) is 23.0 Å². The molecule has 0 saturated carbocycles. The van der Waals surface area contributed by atoms with Gasteiger partial charge in [0.15, 0.2) is 0 Å². The van der Waals surface area contributed by atoms with Crippen LogP contribution in [-0.2, 0) is 0 Å². The van der Waals surface area contributed by atoms with Crippen LogP contribution in [0.2, 0.25) is 5.15 Å². The van der Waals surface area contributed by atoms with Crippen molar-refractivity contribution in [3.8, 4) is 11.8 Å². The third-order valence-electron chi connectivity index (χ3n) is 1.81. The van der Waals surface area contributed by atoms with Crippen LogP contribution in [0.1, 0.15) is 11.3 Å². The van der Waals surface area contributed by atoms with Crippen molar-refractivity contribution >= 4 is 11.6 Å². The molecule has 0 spiro atoms. The minimum atomic E-state index is -0.282. The maximum atomic E-state index is 12.6. The van der Waals surface area contributed by atoms with Crippen LogP contribution in [-0.4, -0.2) is 9.97 Å². The van der Waals surface area contributed by atoms with E-state index < -0.39 is 0 Å². The third-order valence-corrected chi connectivity index (χ3v) is 2.02. The lowest BCUT2D eigenvalue weighted by molar-refractivity contribution is 0.627. The molecule has 0 atom stereocenters. The topological polar surface area (TPSA) is 25.8 Å². The molecule has 1 heterocycles. The Bertz CT molecular complexity index is 555. The van der Waals surface area contributed by atoms with E-state index in [1.807, 2.05) is 0 Å². The van der Waals surface area contributed by atoms with Crippen LogP contribution in [0.15, 0.2) is 36.7 Å². The maximum absolute atomic E-state index is 12.6. The molecule has 4 heteroatoms. The molecule has 1 aromatic heterocycles. The lowest BCUT2D eigenvalue weighted by Gasteiger charge is -1.90. The highest BCUT2D eigenvalue weighted by atomic mass is 35.5. The standard InChI is InChI=1S/C12H6ClFN2/c13-12-7-11(15-8-16-12)6-3-9-1-4-10(14)5-2-9/h1-2,4-5,7-8H. The van der Waals surface area contributed by atoms with Crippen molar-refractivity contribution < 1.29 is 4.39 Å². The Morgan fingerprint density at radius 2 is 1.81 bits per heavy atom. The highest BCUT2D eigenvalue weighted by Gasteiger charge is 1.92. The molecular formula is C12H6ClFN2. The van der Waals surface area contributed by atoms with Gasteiger partial charge in [0.05, 0.1) is 0 Å². The first kappa shape index (κ1) is 10.6. The van der Waals surface area contributed by atoms with Crippen LogP contribution in [0.25, 0.3) is 0 Å². The molecule has 0 saturated heterocycles. The fourth-order valence-electron chi connectivity index (χ4n) is 1.07. The van der Waals surface area contributed by atoms with Crippen molar-refractivity contribution in [2.24, 2.45) is 0 Å². The molecular weight excluding hydrogens is 227 g/mol. The van der Waals surface area contributed by atoms with Crippen molar-refractivity contribution in [2.75, 3.05) is 0 Å². The number of nitrogens with zero attached hydrogens (tertiary/aromatic N) is 2. The molecule has 0 aliphatic carbocycles. The monoisotopic (exact) mass is 232 g/mol. The smallest absolute Gasteiger partial charge is 0.133 e. The van der Waals surface area contributed by atoms with E-state index >= 15 is 0 Å². The second kappa shape index (κ2) is 4.73. The predicted molar refractivity (Wildman–Crippen MR) is 59.4 cm³/mol. The van der Waals surface area contributed by atoms with E-state index in [-0.39, 0.29) is 5.82 Å². The highest BCUT2D eigenvalue weighted by Crippen LogP contribution is 2.04. The van der Waals surface area contributed by atoms with Crippen LogP contribution in [0.4, 0.5) is 4.39 Å². The van der Waals surface area contributed by atoms with Gasteiger partial charge in [-0.2, -0.15) is 0 Å². The summed E-state index contributed by atoms with van der Waals surface area (Å²) in [4.78, 5) is 7.67. The number of rotatable bonds is 0. The predicted octanol–water partition coefficient (Wildman–Crippen LogP) is 2.67. The normalized spacial score (nSPS) is 9.38. The molecule has 0 N–H and O–H groups in total. The second-order valence-electron chi connectivity index (χ2n) is 2.98. The van der Waals surface area contributed by atoms with Gasteiger partial charge in [-0.25, -0.2) is 14.4 Å². The van der Waals surface area contributed by atoms with E-state index in [1.165, 1.54) is 18.5 Å². The van der Waals surface area contributed by atoms with Crippen LogP contribution >= 0.6 is 11.6 Å². The minimum Gasteiger partial charge on any atom is -0.228 e. The first-order valence-electron chi connectivity index (χ1n) is 4.49. The van der Waals surface area contributed by atoms with Crippen LogP contribution in [0, 0.1) is 17.7 Å². The fraction of sp³-hybridized carbons (Fsp3) is 0. The molecule has 78 valence electrons. The van der Waals surface area contributed by atoms with Crippen molar-refractivity contribution in [2.45, 2.75) is 0 Å². The summed E-state index contributed by atoms with van der Waals surface area (Å²) in [7, 11) is 0. The average Bonchev–Trinajstić information content (AvgIpc) is 2.28. The van der Waals surface area contributed by atoms with Gasteiger partial charge < -0.3 is 0 Å². The van der Waals surface area contributed by atoms with Crippen molar-refractivity contribution in [3.05, 3.63) is 58.9 Å². The molecule has 0 amide bonds. The summed E-state index contributed by atoms with van der Waals surface area (Å²) >= 11 is 5.68. The van der Waals surface area contributed by atoms with Gasteiger partial charge in [0, 0.05) is 11.6 Å². The van der Waals surface area contributed by atoms with Crippen molar-refractivity contribution in [1.29, 1.82) is 0 Å². The Labute approximate surface area is 97.1 Å². The van der Waals surface area contributed by atoms with Gasteiger partial charge in [-0.05, 0) is 30.2 Å². The molecule has 2 nitrogen and oxygen atoms in total. The molecule has 2 aromatic rings. The SMILES string of the molecule is Fc1ccc(C#Cc2cc(Cl)ncn2)cc1. The zero-order valence-electron chi connectivity index (χ0n) is 8.11. The summed E-state index contributed by atoms with van der Waals surface area (Å²) in [6.07, 6.45) is 1.34. The van der Waals surface area contributed by atoms with Crippen LogP contribution in [0.3, 0.4) is 0 Å². The molecule has 2 rings (SSSR count). The number of halogens is 2. The minimum absolute atomic E-state index is 0.282. The first-order chi connectivity index (χ1) is 7.74. The van der Waals surface area contributed by atoms with Gasteiger partial charge in [-0.1, -0.05) is 17.5 Å². The summed E-state index contributed by atoms with van der Waals surface area (Å²) in [5.41, 5.74) is 1.25. The Morgan fingerprint density at radius 1 is 1.06 bits per heavy atom. The number of hydrogen-bond acceptors (Lipinski definition) is 2. The maximum Gasteiger partial charge on any atom is 0.133 e. The Balaban J connectivity index is 2.25. The summed E-state index contributed by atoms with van der Waals surface area (Å²) in [5.74, 6) is 5.38. The lowest BCUT2D eigenvalue weighted by Crippen LogP contribution is -1.84. The number of hydrogen-bond donors (Lipinski definition) is 0. The van der Waals surface area contributed by atoms with E-state index in [2.05, 4.69) is 21.8 Å². The molecule has 1 aromatic carbocycles. The van der Waals surface area contributed by atoms with E-state index in [0.29, 0.717) is 10.8 Å². The first-order valence-corrected chi connectivity index (χ1v) is 4.87. The lowest BCUT2D eigenvalue weighted by atomic mass is 10.2. The quantitative estimate of drug-likeness (QED) is 0.516. The van der Waals surface area contributed by atoms with Crippen molar-refractivity contribution in [1.82, 2.24) is 9.97 Å². The van der Waals surface area contributed by atoms with E-state index in [1.54, 1.807) is 18.2 Å². The van der Waals surface area contributed by atoms with Crippen molar-refractivity contribution in [3.63, 3.8) is 0 Å². The largest absolute Gasteiger partial charge is 0.228 e. The third kappa shape index (κ3) is 2.78. The summed E-state index contributed by atoms with van der Waals surface area (Å²) in [6, 6.07) is 7.49. The molecule has 0 aliphatic heterocycles. The van der Waals surface area contributed by atoms with Crippen LogP contribution in [0.5, 0.6) is 0 Å². The fourth-order valence-corrected chi connectivity index (χ4v) is 1.22. The van der Waals surface area contributed by atoms with Crippen LogP contribution < -0.4 is 0 Å². The van der Waals surface area contributed by atoms with Gasteiger partial charge >= 0.3 is 0 Å². The molecule has 0 unspecified atom stereocenters. The summed E-state index contributed by atoms with van der Waals surface area (Å²) in [6.45, 7) is 0. The van der Waals surface area contributed by atoms with Gasteiger partial charge in [0.25, 0.3) is 0 Å². The molecule has 0 bridgehead atoms. The Hall–Kier alpha value is -1.92. The second-order valence-corrected chi connectivity index (χ2v) is 3.37. The summed E-state index contributed by atoms with van der Waals surface area (Å²) < 4.78 is 12.6. The van der Waals surface area contributed by atoms with Gasteiger partial charge in [0.2, 0.25) is 0 Å². The van der Waals surface area contributed by atoms with Gasteiger partial charge in [-0.3, -0.25) is 0 Å². The number of benzene rings is 1. The van der Waals surface area contributed by atoms with Gasteiger partial charge in [-0.15, -0.1) is 0 Å². The van der Waals surface area contributed by atoms with E-state index in [0.717, 1.165) is 5.56 Å². The molecule has 16 heavy (non-hydrogen) atoms. The highest BCUT2D eigenvalue weighted by molar-refractivity contribution is 6.29. The van der Waals surface area contributed by atoms with E-state index in [9.17, 15) is 4.39 Å². The summed E-state index contributed by atoms with van der Waals surface area (Å²) in [5, 5.41) is 0.346. The number of aromatic nitrogens is 2. The van der Waals surface area contributed by atoms with E-state index in [4.69, 9.17) is 11.6 Å².